The van der Waals surface area contributed by atoms with E-state index in [-0.39, 0.29) is 5.91 Å². The number of carbonyl (C=O) groups is 1. The lowest BCUT2D eigenvalue weighted by Crippen LogP contribution is -2.16. The zero-order valence-corrected chi connectivity index (χ0v) is 19.1. The van der Waals surface area contributed by atoms with Crippen LogP contribution in [0.15, 0.2) is 121 Å². The predicted octanol–water partition coefficient (Wildman–Crippen LogP) is 6.99. The molecule has 168 valence electrons. The standard InChI is InChI=1S/C31H23N3O/c32-21-27-28(24-15-7-2-8-16-24)29(25-17-9-3-10-18-25)34(22-23-13-5-1-6-14-23)30(27)33-31(35)26-19-11-4-12-20-26/h1-20H,22H2,(H,33,35). The lowest BCUT2D eigenvalue weighted by atomic mass is 9.98. The van der Waals surface area contributed by atoms with Crippen LogP contribution in [-0.4, -0.2) is 10.5 Å². The summed E-state index contributed by atoms with van der Waals surface area (Å²) in [7, 11) is 0. The number of nitrogens with one attached hydrogen (secondary N) is 1. The van der Waals surface area contributed by atoms with Gasteiger partial charge in [0.15, 0.2) is 0 Å². The summed E-state index contributed by atoms with van der Waals surface area (Å²) in [6.45, 7) is 0.497. The number of rotatable bonds is 6. The van der Waals surface area contributed by atoms with Crippen LogP contribution in [0.2, 0.25) is 0 Å². The topological polar surface area (TPSA) is 57.8 Å². The number of amides is 1. The van der Waals surface area contributed by atoms with Crippen molar-refractivity contribution in [3.8, 4) is 28.5 Å². The van der Waals surface area contributed by atoms with Gasteiger partial charge in [0.1, 0.15) is 17.5 Å². The van der Waals surface area contributed by atoms with E-state index in [1.807, 2.05) is 114 Å². The maximum absolute atomic E-state index is 13.2. The van der Waals surface area contributed by atoms with Crippen LogP contribution >= 0.6 is 0 Å². The summed E-state index contributed by atoms with van der Waals surface area (Å²) in [5.41, 5.74) is 5.63. The van der Waals surface area contributed by atoms with Crippen LogP contribution in [0.3, 0.4) is 0 Å². The normalized spacial score (nSPS) is 10.5. The molecule has 1 amide bonds. The number of nitriles is 1. The summed E-state index contributed by atoms with van der Waals surface area (Å²) in [6, 6.07) is 41.4. The number of aromatic nitrogens is 1. The molecule has 5 rings (SSSR count). The van der Waals surface area contributed by atoms with Gasteiger partial charge in [0.25, 0.3) is 5.91 Å². The van der Waals surface area contributed by atoms with E-state index >= 15 is 0 Å². The summed E-state index contributed by atoms with van der Waals surface area (Å²) >= 11 is 0. The van der Waals surface area contributed by atoms with Crippen LogP contribution in [0.5, 0.6) is 0 Å². The van der Waals surface area contributed by atoms with Crippen LogP contribution < -0.4 is 5.32 Å². The maximum Gasteiger partial charge on any atom is 0.256 e. The number of hydrogen-bond acceptors (Lipinski definition) is 2. The first-order valence-corrected chi connectivity index (χ1v) is 11.4. The van der Waals surface area contributed by atoms with Crippen LogP contribution in [0.1, 0.15) is 21.5 Å². The molecule has 5 aromatic rings. The van der Waals surface area contributed by atoms with Gasteiger partial charge in [-0.05, 0) is 28.8 Å². The van der Waals surface area contributed by atoms with E-state index in [0.29, 0.717) is 23.5 Å². The minimum absolute atomic E-state index is 0.256. The predicted molar refractivity (Wildman–Crippen MR) is 140 cm³/mol. The van der Waals surface area contributed by atoms with Crippen molar-refractivity contribution in [2.24, 2.45) is 0 Å². The Bertz CT molecular complexity index is 1480. The van der Waals surface area contributed by atoms with Gasteiger partial charge in [0, 0.05) is 17.7 Å². The molecule has 0 radical (unpaired) electrons. The average molecular weight is 454 g/mol. The Labute approximate surface area is 204 Å². The van der Waals surface area contributed by atoms with E-state index in [1.165, 1.54) is 0 Å². The van der Waals surface area contributed by atoms with E-state index in [9.17, 15) is 10.1 Å². The van der Waals surface area contributed by atoms with Crippen molar-refractivity contribution < 1.29 is 4.79 Å². The van der Waals surface area contributed by atoms with Gasteiger partial charge in [0.2, 0.25) is 0 Å². The third-order valence-corrected chi connectivity index (χ3v) is 5.94. The molecular weight excluding hydrogens is 430 g/mol. The smallest absolute Gasteiger partial charge is 0.256 e. The third kappa shape index (κ3) is 4.48. The minimum atomic E-state index is -0.256. The average Bonchev–Trinajstić information content (AvgIpc) is 3.23. The van der Waals surface area contributed by atoms with Crippen LogP contribution in [0.25, 0.3) is 22.4 Å². The Kier molecular flexibility index (Phi) is 6.23. The van der Waals surface area contributed by atoms with E-state index in [0.717, 1.165) is 27.9 Å². The molecule has 0 aliphatic carbocycles. The lowest BCUT2D eigenvalue weighted by Gasteiger charge is -2.16. The van der Waals surface area contributed by atoms with Crippen molar-refractivity contribution in [3.63, 3.8) is 0 Å². The van der Waals surface area contributed by atoms with Crippen molar-refractivity contribution in [2.45, 2.75) is 6.54 Å². The van der Waals surface area contributed by atoms with Gasteiger partial charge < -0.3 is 9.88 Å². The molecule has 0 atom stereocenters. The molecule has 0 fully saturated rings. The fraction of sp³-hybridized carbons (Fsp3) is 0.0323. The summed E-state index contributed by atoms with van der Waals surface area (Å²) < 4.78 is 2.05. The first-order valence-electron chi connectivity index (χ1n) is 11.4. The monoisotopic (exact) mass is 453 g/mol. The number of anilines is 1. The molecule has 1 N–H and O–H groups in total. The van der Waals surface area contributed by atoms with Crippen molar-refractivity contribution >= 4 is 11.7 Å². The van der Waals surface area contributed by atoms with Gasteiger partial charge in [-0.3, -0.25) is 4.79 Å². The highest BCUT2D eigenvalue weighted by atomic mass is 16.1. The largest absolute Gasteiger partial charge is 0.321 e. The molecular formula is C31H23N3O. The summed E-state index contributed by atoms with van der Waals surface area (Å²) in [5, 5.41) is 13.4. The lowest BCUT2D eigenvalue weighted by molar-refractivity contribution is 0.102. The molecule has 35 heavy (non-hydrogen) atoms. The van der Waals surface area contributed by atoms with Crippen LogP contribution in [-0.2, 0) is 6.54 Å². The van der Waals surface area contributed by atoms with E-state index in [1.54, 1.807) is 12.1 Å². The zero-order valence-electron chi connectivity index (χ0n) is 19.1. The highest BCUT2D eigenvalue weighted by Gasteiger charge is 2.26. The highest BCUT2D eigenvalue weighted by molar-refractivity contribution is 6.06. The van der Waals surface area contributed by atoms with Gasteiger partial charge in [-0.2, -0.15) is 5.26 Å². The Morgan fingerprint density at radius 2 is 1.23 bits per heavy atom. The Balaban J connectivity index is 1.78. The van der Waals surface area contributed by atoms with Crippen LogP contribution in [0, 0.1) is 11.3 Å². The molecule has 0 saturated carbocycles. The maximum atomic E-state index is 13.2. The van der Waals surface area contributed by atoms with Crippen LogP contribution in [0.4, 0.5) is 5.82 Å². The molecule has 4 aromatic carbocycles. The molecule has 1 heterocycles. The molecule has 0 saturated heterocycles. The molecule has 0 bridgehead atoms. The quantitative estimate of drug-likeness (QED) is 0.301. The third-order valence-electron chi connectivity index (χ3n) is 5.94. The second-order valence-corrected chi connectivity index (χ2v) is 8.18. The fourth-order valence-electron chi connectivity index (χ4n) is 4.33. The second-order valence-electron chi connectivity index (χ2n) is 8.18. The number of hydrogen-bond donors (Lipinski definition) is 1. The molecule has 0 aliphatic rings. The van der Waals surface area contributed by atoms with Crippen molar-refractivity contribution in [3.05, 3.63) is 138 Å². The Morgan fingerprint density at radius 3 is 1.80 bits per heavy atom. The molecule has 0 spiro atoms. The zero-order chi connectivity index (χ0) is 24.0. The van der Waals surface area contributed by atoms with E-state index < -0.39 is 0 Å². The van der Waals surface area contributed by atoms with Gasteiger partial charge in [-0.1, -0.05) is 109 Å². The molecule has 4 heteroatoms. The fourth-order valence-corrected chi connectivity index (χ4v) is 4.33. The first-order chi connectivity index (χ1) is 17.3. The van der Waals surface area contributed by atoms with Crippen molar-refractivity contribution in [1.82, 2.24) is 4.57 Å². The van der Waals surface area contributed by atoms with Crippen molar-refractivity contribution in [2.75, 3.05) is 5.32 Å². The van der Waals surface area contributed by atoms with E-state index in [2.05, 4.69) is 11.4 Å². The second kappa shape index (κ2) is 9.94. The SMILES string of the molecule is N#Cc1c(-c2ccccc2)c(-c2ccccc2)n(Cc2ccccc2)c1NC(=O)c1ccccc1. The summed E-state index contributed by atoms with van der Waals surface area (Å²) in [6.07, 6.45) is 0. The summed E-state index contributed by atoms with van der Waals surface area (Å²) in [4.78, 5) is 13.2. The Morgan fingerprint density at radius 1 is 0.714 bits per heavy atom. The number of carbonyl (C=O) groups excluding carboxylic acids is 1. The van der Waals surface area contributed by atoms with E-state index in [4.69, 9.17) is 0 Å². The molecule has 1 aromatic heterocycles. The van der Waals surface area contributed by atoms with Gasteiger partial charge in [-0.25, -0.2) is 0 Å². The van der Waals surface area contributed by atoms with Crippen molar-refractivity contribution in [1.29, 1.82) is 5.26 Å². The molecule has 0 aliphatic heterocycles. The summed E-state index contributed by atoms with van der Waals surface area (Å²) in [5.74, 6) is 0.232. The highest BCUT2D eigenvalue weighted by Crippen LogP contribution is 2.42. The number of nitrogens with zero attached hydrogens (tertiary/aromatic N) is 2. The van der Waals surface area contributed by atoms with Gasteiger partial charge in [0.05, 0.1) is 5.69 Å². The number of benzene rings is 4. The molecule has 4 nitrogen and oxygen atoms in total. The minimum Gasteiger partial charge on any atom is -0.321 e. The van der Waals surface area contributed by atoms with Gasteiger partial charge >= 0.3 is 0 Å². The molecule has 0 unspecified atom stereocenters. The first kappa shape index (κ1) is 21.9. The van der Waals surface area contributed by atoms with Gasteiger partial charge in [-0.15, -0.1) is 0 Å². The Hall–Kier alpha value is -4.88.